The number of ether oxygens (including phenoxy) is 1. The highest BCUT2D eigenvalue weighted by molar-refractivity contribution is 5.13. The molecule has 0 rings (SSSR count). The van der Waals surface area contributed by atoms with Gasteiger partial charge in [-0.3, -0.25) is 0 Å². The van der Waals surface area contributed by atoms with Crippen LogP contribution in [0.25, 0.3) is 0 Å². The maximum Gasteiger partial charge on any atom is 0.430 e. The first kappa shape index (κ1) is 41.1. The summed E-state index contributed by atoms with van der Waals surface area (Å²) >= 11 is 0. The van der Waals surface area contributed by atoms with Crippen molar-refractivity contribution in [2.75, 3.05) is 0 Å². The van der Waals surface area contributed by atoms with Crippen LogP contribution in [0, 0.1) is 0 Å². The molecule has 0 N–H and O–H groups in total. The van der Waals surface area contributed by atoms with E-state index in [1.165, 1.54) is 0 Å². The maximum absolute atomic E-state index is 13.5. The lowest BCUT2D eigenvalue weighted by Gasteiger charge is -2.43. The third kappa shape index (κ3) is 5.18. The lowest BCUT2D eigenvalue weighted by atomic mass is 9.91. The van der Waals surface area contributed by atoms with Gasteiger partial charge in [0.2, 0.25) is 0 Å². The summed E-state index contributed by atoms with van der Waals surface area (Å²) in [5, 5.41) is 0. The first-order valence-electron chi connectivity index (χ1n) is 9.61. The Morgan fingerprint density at radius 1 is 0.302 bits per heavy atom. The van der Waals surface area contributed by atoms with E-state index in [1.54, 1.807) is 0 Å². The molecule has 2 atom stereocenters. The summed E-state index contributed by atoms with van der Waals surface area (Å²) in [4.78, 5) is 0. The van der Waals surface area contributed by atoms with E-state index in [2.05, 4.69) is 0 Å². The highest BCUT2D eigenvalue weighted by Gasteiger charge is 2.95. The molecule has 260 valence electrons. The van der Waals surface area contributed by atoms with Gasteiger partial charge in [0, 0.05) is 0 Å². The molecule has 1 nitrogen and oxygen atoms in total. The van der Waals surface area contributed by atoms with Gasteiger partial charge in [0.25, 0.3) is 0 Å². The maximum atomic E-state index is 13.5. The zero-order valence-corrected chi connectivity index (χ0v) is 19.4. The first-order chi connectivity index (χ1) is 18.1. The lowest BCUT2D eigenvalue weighted by Crippen LogP contribution is -2.74. The van der Waals surface area contributed by atoms with Gasteiger partial charge in [0.15, 0.2) is 12.3 Å². The molecule has 0 amide bonds. The molecule has 0 aromatic heterocycles. The van der Waals surface area contributed by atoms with Crippen molar-refractivity contribution in [2.45, 2.75) is 97.6 Å². The van der Waals surface area contributed by atoms with Crippen molar-refractivity contribution in [3.8, 4) is 0 Å². The predicted octanol–water partition coefficient (Wildman–Crippen LogP) is 9.26. The van der Waals surface area contributed by atoms with Crippen molar-refractivity contribution in [1.29, 1.82) is 0 Å². The monoisotopic (exact) mass is 710 g/mol. The molecule has 27 heteroatoms. The van der Waals surface area contributed by atoms with Crippen LogP contribution in [0.5, 0.6) is 0 Å². The van der Waals surface area contributed by atoms with Crippen LogP contribution in [0.3, 0.4) is 0 Å². The fourth-order valence-corrected chi connectivity index (χ4v) is 2.36. The van der Waals surface area contributed by atoms with E-state index in [4.69, 9.17) is 0 Å². The second-order valence-electron chi connectivity index (χ2n) is 8.21. The molecule has 0 aromatic rings. The molecule has 0 saturated carbocycles. The molecule has 0 bridgehead atoms. The van der Waals surface area contributed by atoms with Crippen molar-refractivity contribution < 1.29 is 119 Å². The van der Waals surface area contributed by atoms with Gasteiger partial charge < -0.3 is 0 Å². The summed E-state index contributed by atoms with van der Waals surface area (Å²) in [6, 6.07) is 0. The number of halogens is 26. The summed E-state index contributed by atoms with van der Waals surface area (Å²) in [6.45, 7) is -1.71. The Hall–Kier alpha value is -1.86. The van der Waals surface area contributed by atoms with Gasteiger partial charge in [-0.2, -0.15) is 105 Å². The van der Waals surface area contributed by atoms with E-state index in [9.17, 15) is 114 Å². The largest absolute Gasteiger partial charge is 0.430 e. The van der Waals surface area contributed by atoms with Gasteiger partial charge >= 0.3 is 71.4 Å². The van der Waals surface area contributed by atoms with Gasteiger partial charge in [-0.1, -0.05) is 0 Å². The number of rotatable bonds is 14. The highest BCUT2D eigenvalue weighted by atomic mass is 19.4. The molecule has 43 heavy (non-hydrogen) atoms. The summed E-state index contributed by atoms with van der Waals surface area (Å²) in [5.74, 6) is -84.8. The average Bonchev–Trinajstić information content (AvgIpc) is 2.76. The predicted molar refractivity (Wildman–Crippen MR) is 81.6 cm³/mol. The van der Waals surface area contributed by atoms with Crippen molar-refractivity contribution in [3.05, 3.63) is 0 Å². The second-order valence-corrected chi connectivity index (χ2v) is 8.21. The van der Waals surface area contributed by atoms with Crippen LogP contribution in [0.2, 0.25) is 0 Å². The zero-order valence-electron chi connectivity index (χ0n) is 19.4. The number of hydrogen-bond donors (Lipinski definition) is 0. The van der Waals surface area contributed by atoms with Crippen LogP contribution in [-0.2, 0) is 4.74 Å². The molecular weight excluding hydrogens is 702 g/mol. The minimum absolute atomic E-state index is 0.803. The summed E-state index contributed by atoms with van der Waals surface area (Å²) < 4.78 is 347. The normalized spacial score (nSPS) is 18.1. The molecule has 0 heterocycles. The first-order valence-corrected chi connectivity index (χ1v) is 9.61. The molecule has 0 fully saturated rings. The Labute approximate surface area is 218 Å². The second kappa shape index (κ2) is 10.3. The van der Waals surface area contributed by atoms with E-state index in [0.717, 1.165) is 4.74 Å². The minimum Gasteiger partial charge on any atom is -0.245 e. The molecule has 2 unspecified atom stereocenters. The van der Waals surface area contributed by atoms with Crippen LogP contribution in [-0.4, -0.2) is 83.8 Å². The third-order valence-electron chi connectivity index (χ3n) is 5.19. The fraction of sp³-hybridized carbons (Fsp3) is 1.00. The van der Waals surface area contributed by atoms with Crippen molar-refractivity contribution in [2.24, 2.45) is 0 Å². The molecule has 0 aromatic carbocycles. The van der Waals surface area contributed by atoms with Gasteiger partial charge in [-0.15, -0.1) is 0 Å². The Bertz CT molecular complexity index is 913. The number of alkyl halides is 26. The molecule has 0 saturated heterocycles. The van der Waals surface area contributed by atoms with Gasteiger partial charge in [-0.25, -0.2) is 13.5 Å². The van der Waals surface area contributed by atoms with Crippen LogP contribution >= 0.6 is 0 Å². The molecule has 0 aliphatic carbocycles. The zero-order chi connectivity index (χ0) is 35.9. The minimum atomic E-state index is -9.06. The van der Waals surface area contributed by atoms with Crippen LogP contribution in [0.1, 0.15) is 13.8 Å². The third-order valence-corrected chi connectivity index (χ3v) is 5.19. The topological polar surface area (TPSA) is 9.23 Å². The lowest BCUT2D eigenvalue weighted by molar-refractivity contribution is -0.526. The summed E-state index contributed by atoms with van der Waals surface area (Å²) in [6.07, 6.45) is -27.2. The summed E-state index contributed by atoms with van der Waals surface area (Å²) in [5.41, 5.74) is 0. The Morgan fingerprint density at radius 3 is 0.628 bits per heavy atom. The van der Waals surface area contributed by atoms with E-state index < -0.39 is 97.6 Å². The molecule has 0 aliphatic rings. The van der Waals surface area contributed by atoms with Crippen LogP contribution in [0.15, 0.2) is 0 Å². The summed E-state index contributed by atoms with van der Waals surface area (Å²) in [7, 11) is 0. The molecule has 0 spiro atoms. The van der Waals surface area contributed by atoms with Gasteiger partial charge in [0.05, 0.1) is 0 Å². The van der Waals surface area contributed by atoms with E-state index >= 15 is 0 Å². The van der Waals surface area contributed by atoms with E-state index in [1.807, 2.05) is 0 Å². The Kier molecular flexibility index (Phi) is 9.89. The smallest absolute Gasteiger partial charge is 0.245 e. The quantitative estimate of drug-likeness (QED) is 0.164. The standard InChI is InChI=1S/C16H8F26O/c1-3(17)5(19,20)7(23,24)9(27,28)11(31,32)13(35,36)15(39,40)43-16(41,42)14(37,38)12(33,34)10(29,30)8(25,26)6(21,22)4(2)18/h3-4H,1-2H3. The average molecular weight is 710 g/mol. The van der Waals surface area contributed by atoms with Crippen molar-refractivity contribution >= 4 is 0 Å². The van der Waals surface area contributed by atoms with Gasteiger partial charge in [0.1, 0.15) is 0 Å². The molecule has 0 radical (unpaired) electrons. The number of hydrogen-bond acceptors (Lipinski definition) is 1. The van der Waals surface area contributed by atoms with E-state index in [0.29, 0.717) is 0 Å². The SMILES string of the molecule is CC(F)C(F)(F)C(F)(F)C(F)(F)C(F)(F)C(F)(F)C(F)(F)OC(F)(F)C(F)(F)C(F)(F)C(F)(F)C(F)(F)C(F)(F)C(C)F. The Morgan fingerprint density at radius 2 is 0.465 bits per heavy atom. The van der Waals surface area contributed by atoms with Crippen LogP contribution in [0.4, 0.5) is 114 Å². The fourth-order valence-electron chi connectivity index (χ4n) is 2.36. The van der Waals surface area contributed by atoms with Gasteiger partial charge in [-0.05, 0) is 13.8 Å². The van der Waals surface area contributed by atoms with Crippen molar-refractivity contribution in [3.63, 3.8) is 0 Å². The van der Waals surface area contributed by atoms with E-state index in [-0.39, 0.29) is 0 Å². The molecular formula is C16H8F26O. The van der Waals surface area contributed by atoms with Crippen LogP contribution < -0.4 is 0 Å². The molecule has 0 aliphatic heterocycles. The van der Waals surface area contributed by atoms with Crippen molar-refractivity contribution in [1.82, 2.24) is 0 Å². The Balaban J connectivity index is 7.04. The highest BCUT2D eigenvalue weighted by Crippen LogP contribution is 2.64.